The summed E-state index contributed by atoms with van der Waals surface area (Å²) in [5.74, 6) is 1.61. The SMILES string of the molecule is CCCOc1ccccc1-c1cn(Cc2cc(C)on2)nn1. The fourth-order valence-electron chi connectivity index (χ4n) is 2.17. The van der Waals surface area contributed by atoms with Crippen LogP contribution in [0.15, 0.2) is 41.1 Å². The maximum Gasteiger partial charge on any atom is 0.133 e. The van der Waals surface area contributed by atoms with Crippen molar-refractivity contribution in [1.82, 2.24) is 20.2 Å². The standard InChI is InChI=1S/C16H18N4O2/c1-3-8-21-16-7-5-4-6-14(16)15-11-20(19-17-15)10-13-9-12(2)22-18-13/h4-7,9,11H,3,8,10H2,1-2H3. The zero-order valence-electron chi connectivity index (χ0n) is 12.7. The lowest BCUT2D eigenvalue weighted by Gasteiger charge is -2.08. The van der Waals surface area contributed by atoms with Gasteiger partial charge in [0.15, 0.2) is 0 Å². The summed E-state index contributed by atoms with van der Waals surface area (Å²) < 4.78 is 12.6. The molecule has 2 aromatic heterocycles. The summed E-state index contributed by atoms with van der Waals surface area (Å²) in [7, 11) is 0. The van der Waals surface area contributed by atoms with Crippen LogP contribution in [0.3, 0.4) is 0 Å². The van der Waals surface area contributed by atoms with E-state index in [1.807, 2.05) is 43.5 Å². The Kier molecular flexibility index (Phi) is 4.18. The minimum atomic E-state index is 0.530. The van der Waals surface area contributed by atoms with E-state index in [1.54, 1.807) is 4.68 Å². The maximum absolute atomic E-state index is 5.77. The quantitative estimate of drug-likeness (QED) is 0.699. The predicted octanol–water partition coefficient (Wildman–Crippen LogP) is 3.08. The first-order chi connectivity index (χ1) is 10.8. The van der Waals surface area contributed by atoms with Crippen molar-refractivity contribution in [2.75, 3.05) is 6.61 Å². The zero-order valence-corrected chi connectivity index (χ0v) is 12.7. The smallest absolute Gasteiger partial charge is 0.133 e. The van der Waals surface area contributed by atoms with Gasteiger partial charge < -0.3 is 9.26 Å². The van der Waals surface area contributed by atoms with Crippen molar-refractivity contribution in [2.24, 2.45) is 0 Å². The number of rotatable bonds is 6. The molecule has 0 amide bonds. The van der Waals surface area contributed by atoms with Gasteiger partial charge in [-0.15, -0.1) is 5.10 Å². The minimum Gasteiger partial charge on any atom is -0.493 e. The van der Waals surface area contributed by atoms with Gasteiger partial charge in [0.1, 0.15) is 22.9 Å². The van der Waals surface area contributed by atoms with Crippen LogP contribution in [-0.4, -0.2) is 26.8 Å². The van der Waals surface area contributed by atoms with Crippen LogP contribution in [-0.2, 0) is 6.54 Å². The van der Waals surface area contributed by atoms with E-state index >= 15 is 0 Å². The fraction of sp³-hybridized carbons (Fsp3) is 0.312. The summed E-state index contributed by atoms with van der Waals surface area (Å²) >= 11 is 0. The molecule has 114 valence electrons. The Morgan fingerprint density at radius 1 is 1.27 bits per heavy atom. The van der Waals surface area contributed by atoms with Gasteiger partial charge in [-0.25, -0.2) is 4.68 Å². The fourth-order valence-corrected chi connectivity index (χ4v) is 2.17. The Bertz CT molecular complexity index is 748. The van der Waals surface area contributed by atoms with E-state index in [4.69, 9.17) is 9.26 Å². The first-order valence-electron chi connectivity index (χ1n) is 7.31. The molecule has 3 rings (SSSR count). The van der Waals surface area contributed by atoms with Crippen LogP contribution in [0, 0.1) is 6.92 Å². The van der Waals surface area contributed by atoms with Crippen LogP contribution in [0.5, 0.6) is 5.75 Å². The largest absolute Gasteiger partial charge is 0.493 e. The highest BCUT2D eigenvalue weighted by Gasteiger charge is 2.11. The second-order valence-electron chi connectivity index (χ2n) is 5.07. The molecule has 0 saturated carbocycles. The lowest BCUT2D eigenvalue weighted by atomic mass is 10.1. The summed E-state index contributed by atoms with van der Waals surface area (Å²) in [5.41, 5.74) is 2.55. The van der Waals surface area contributed by atoms with E-state index in [9.17, 15) is 0 Å². The molecule has 0 aliphatic heterocycles. The van der Waals surface area contributed by atoms with Gasteiger partial charge in [-0.3, -0.25) is 0 Å². The lowest BCUT2D eigenvalue weighted by Crippen LogP contribution is -2.00. The molecule has 0 atom stereocenters. The van der Waals surface area contributed by atoms with E-state index in [1.165, 1.54) is 0 Å². The second kappa shape index (κ2) is 6.43. The molecule has 0 spiro atoms. The van der Waals surface area contributed by atoms with E-state index in [-0.39, 0.29) is 0 Å². The number of aryl methyl sites for hydroxylation is 1. The van der Waals surface area contributed by atoms with Crippen LogP contribution < -0.4 is 4.74 Å². The molecule has 0 N–H and O–H groups in total. The van der Waals surface area contributed by atoms with Crippen LogP contribution in [0.1, 0.15) is 24.8 Å². The first kappa shape index (κ1) is 14.3. The van der Waals surface area contributed by atoms with Crippen LogP contribution >= 0.6 is 0 Å². The average Bonchev–Trinajstić information content (AvgIpc) is 3.15. The maximum atomic E-state index is 5.77. The molecule has 3 aromatic rings. The summed E-state index contributed by atoms with van der Waals surface area (Å²) in [4.78, 5) is 0. The summed E-state index contributed by atoms with van der Waals surface area (Å²) in [6.45, 7) is 5.16. The normalized spacial score (nSPS) is 10.8. The third-order valence-electron chi connectivity index (χ3n) is 3.16. The Morgan fingerprint density at radius 2 is 2.14 bits per heavy atom. The molecule has 6 nitrogen and oxygen atoms in total. The molecule has 6 heteroatoms. The van der Waals surface area contributed by atoms with Gasteiger partial charge in [-0.1, -0.05) is 29.4 Å². The molecular formula is C16H18N4O2. The number of ether oxygens (including phenoxy) is 1. The first-order valence-corrected chi connectivity index (χ1v) is 7.31. The molecule has 0 aliphatic carbocycles. The van der Waals surface area contributed by atoms with Crippen molar-refractivity contribution in [1.29, 1.82) is 0 Å². The van der Waals surface area contributed by atoms with Gasteiger partial charge in [-0.2, -0.15) is 0 Å². The van der Waals surface area contributed by atoms with Gasteiger partial charge in [-0.05, 0) is 25.5 Å². The Hall–Kier alpha value is -2.63. The van der Waals surface area contributed by atoms with Gasteiger partial charge in [0.05, 0.1) is 19.3 Å². The topological polar surface area (TPSA) is 66.0 Å². The van der Waals surface area contributed by atoms with Crippen LogP contribution in [0.25, 0.3) is 11.3 Å². The van der Waals surface area contributed by atoms with Crippen molar-refractivity contribution in [3.8, 4) is 17.0 Å². The zero-order chi connectivity index (χ0) is 15.4. The van der Waals surface area contributed by atoms with Crippen molar-refractivity contribution in [3.05, 3.63) is 48.0 Å². The number of nitrogens with zero attached hydrogens (tertiary/aromatic N) is 4. The third-order valence-corrected chi connectivity index (χ3v) is 3.16. The molecule has 0 saturated heterocycles. The number of para-hydroxylation sites is 1. The predicted molar refractivity (Wildman–Crippen MR) is 81.6 cm³/mol. The molecule has 0 unspecified atom stereocenters. The summed E-state index contributed by atoms with van der Waals surface area (Å²) in [6, 6.07) is 9.75. The second-order valence-corrected chi connectivity index (χ2v) is 5.07. The van der Waals surface area contributed by atoms with Gasteiger partial charge in [0, 0.05) is 11.6 Å². The Balaban J connectivity index is 1.81. The summed E-state index contributed by atoms with van der Waals surface area (Å²) in [5, 5.41) is 12.3. The van der Waals surface area contributed by atoms with Gasteiger partial charge in [0.25, 0.3) is 0 Å². The van der Waals surface area contributed by atoms with Crippen molar-refractivity contribution in [3.63, 3.8) is 0 Å². The number of hydrogen-bond donors (Lipinski definition) is 0. The van der Waals surface area contributed by atoms with Crippen LogP contribution in [0.2, 0.25) is 0 Å². The molecule has 0 fully saturated rings. The lowest BCUT2D eigenvalue weighted by molar-refractivity contribution is 0.318. The number of hydrogen-bond acceptors (Lipinski definition) is 5. The van der Waals surface area contributed by atoms with E-state index in [0.29, 0.717) is 13.2 Å². The highest BCUT2D eigenvalue weighted by atomic mass is 16.5. The van der Waals surface area contributed by atoms with Crippen molar-refractivity contribution in [2.45, 2.75) is 26.8 Å². The monoisotopic (exact) mass is 298 g/mol. The van der Waals surface area contributed by atoms with Gasteiger partial charge >= 0.3 is 0 Å². The Morgan fingerprint density at radius 3 is 2.91 bits per heavy atom. The number of benzene rings is 1. The molecule has 2 heterocycles. The Labute approximate surface area is 128 Å². The van der Waals surface area contributed by atoms with E-state index in [2.05, 4.69) is 22.4 Å². The molecule has 0 aliphatic rings. The van der Waals surface area contributed by atoms with Crippen molar-refractivity contribution < 1.29 is 9.26 Å². The molecule has 22 heavy (non-hydrogen) atoms. The molecule has 0 bridgehead atoms. The van der Waals surface area contributed by atoms with Crippen molar-refractivity contribution >= 4 is 0 Å². The van der Waals surface area contributed by atoms with Crippen LogP contribution in [0.4, 0.5) is 0 Å². The molecule has 1 aromatic carbocycles. The average molecular weight is 298 g/mol. The van der Waals surface area contributed by atoms with Gasteiger partial charge in [0.2, 0.25) is 0 Å². The minimum absolute atomic E-state index is 0.530. The third kappa shape index (κ3) is 3.16. The van der Waals surface area contributed by atoms with E-state index in [0.717, 1.165) is 34.9 Å². The number of aromatic nitrogens is 4. The summed E-state index contributed by atoms with van der Waals surface area (Å²) in [6.07, 6.45) is 2.85. The highest BCUT2D eigenvalue weighted by Crippen LogP contribution is 2.28. The molecular weight excluding hydrogens is 280 g/mol. The van der Waals surface area contributed by atoms with E-state index < -0.39 is 0 Å². The molecule has 0 radical (unpaired) electrons. The highest BCUT2D eigenvalue weighted by molar-refractivity contribution is 5.66.